The van der Waals surface area contributed by atoms with Crippen LogP contribution in [0.4, 0.5) is 14.5 Å². The van der Waals surface area contributed by atoms with Crippen LogP contribution in [0, 0.1) is 11.6 Å². The molecule has 120 valence electrons. The van der Waals surface area contributed by atoms with Crippen LogP contribution in [0.3, 0.4) is 0 Å². The molecule has 0 unspecified atom stereocenters. The van der Waals surface area contributed by atoms with Crippen molar-refractivity contribution < 1.29 is 13.6 Å². The molecule has 24 heavy (non-hydrogen) atoms. The van der Waals surface area contributed by atoms with E-state index in [1.807, 2.05) is 0 Å². The van der Waals surface area contributed by atoms with Gasteiger partial charge in [0.25, 0.3) is 0 Å². The Balaban J connectivity index is 1.80. The standard InChI is InChI=1S/C18H12F2N2OS/c19-12-5-1-10(2-6-12)14-9-15(23)21-17-16(22-24-18(14)17)11-3-7-13(20)8-4-11/h1-8,14H,9H2,(H,21,23)/t14-/m0/s1. The van der Waals surface area contributed by atoms with Gasteiger partial charge in [-0.1, -0.05) is 12.1 Å². The molecule has 4 rings (SSSR count). The number of carbonyl (C=O) groups excluding carboxylic acids is 1. The summed E-state index contributed by atoms with van der Waals surface area (Å²) in [4.78, 5) is 13.1. The molecule has 1 amide bonds. The summed E-state index contributed by atoms with van der Waals surface area (Å²) in [5.74, 6) is -0.895. The summed E-state index contributed by atoms with van der Waals surface area (Å²) in [7, 11) is 0. The number of hydrogen-bond donors (Lipinski definition) is 1. The maximum Gasteiger partial charge on any atom is 0.225 e. The van der Waals surface area contributed by atoms with Crippen LogP contribution in [0.15, 0.2) is 48.5 Å². The number of carbonyl (C=O) groups is 1. The topological polar surface area (TPSA) is 42.0 Å². The number of rotatable bonds is 2. The number of amides is 1. The predicted octanol–water partition coefficient (Wildman–Crippen LogP) is 4.56. The minimum absolute atomic E-state index is 0.111. The predicted molar refractivity (Wildman–Crippen MR) is 89.0 cm³/mol. The molecule has 1 N–H and O–H groups in total. The fourth-order valence-electron chi connectivity index (χ4n) is 2.90. The summed E-state index contributed by atoms with van der Waals surface area (Å²) in [6.45, 7) is 0. The van der Waals surface area contributed by atoms with Gasteiger partial charge in [-0.3, -0.25) is 4.79 Å². The average Bonchev–Trinajstić information content (AvgIpc) is 2.99. The summed E-state index contributed by atoms with van der Waals surface area (Å²) in [5, 5.41) is 2.87. The van der Waals surface area contributed by atoms with Gasteiger partial charge in [-0.25, -0.2) is 8.78 Å². The van der Waals surface area contributed by atoms with Gasteiger partial charge in [-0.05, 0) is 53.5 Å². The Morgan fingerprint density at radius 2 is 1.62 bits per heavy atom. The average molecular weight is 342 g/mol. The van der Waals surface area contributed by atoms with Crippen LogP contribution in [0.25, 0.3) is 11.3 Å². The van der Waals surface area contributed by atoms with E-state index >= 15 is 0 Å². The van der Waals surface area contributed by atoms with Crippen molar-refractivity contribution in [3.63, 3.8) is 0 Å². The van der Waals surface area contributed by atoms with Crippen LogP contribution in [-0.4, -0.2) is 10.3 Å². The van der Waals surface area contributed by atoms with Crippen molar-refractivity contribution in [2.45, 2.75) is 12.3 Å². The number of halogens is 2. The lowest BCUT2D eigenvalue weighted by Gasteiger charge is -2.22. The smallest absolute Gasteiger partial charge is 0.225 e. The van der Waals surface area contributed by atoms with Crippen molar-refractivity contribution in [1.29, 1.82) is 0 Å². The van der Waals surface area contributed by atoms with E-state index in [4.69, 9.17) is 0 Å². The van der Waals surface area contributed by atoms with Crippen molar-refractivity contribution in [1.82, 2.24) is 4.37 Å². The first-order valence-electron chi connectivity index (χ1n) is 7.42. The second kappa shape index (κ2) is 5.79. The number of aromatic nitrogens is 1. The van der Waals surface area contributed by atoms with Gasteiger partial charge in [-0.15, -0.1) is 0 Å². The molecule has 3 aromatic rings. The van der Waals surface area contributed by atoms with E-state index in [9.17, 15) is 13.6 Å². The lowest BCUT2D eigenvalue weighted by atomic mass is 9.89. The van der Waals surface area contributed by atoms with E-state index in [-0.39, 0.29) is 23.5 Å². The van der Waals surface area contributed by atoms with Crippen LogP contribution in [-0.2, 0) is 4.79 Å². The first-order valence-corrected chi connectivity index (χ1v) is 8.20. The molecule has 1 aliphatic rings. The van der Waals surface area contributed by atoms with Gasteiger partial charge >= 0.3 is 0 Å². The second-order valence-electron chi connectivity index (χ2n) is 5.63. The van der Waals surface area contributed by atoms with Crippen LogP contribution >= 0.6 is 11.5 Å². The molecular weight excluding hydrogens is 330 g/mol. The van der Waals surface area contributed by atoms with Crippen molar-refractivity contribution in [2.75, 3.05) is 5.32 Å². The van der Waals surface area contributed by atoms with E-state index < -0.39 is 0 Å². The number of anilines is 1. The first kappa shape index (κ1) is 15.0. The Morgan fingerprint density at radius 1 is 1.00 bits per heavy atom. The Hall–Kier alpha value is -2.60. The highest BCUT2D eigenvalue weighted by atomic mass is 32.1. The molecule has 2 heterocycles. The molecule has 0 saturated carbocycles. The van der Waals surface area contributed by atoms with Crippen molar-refractivity contribution >= 4 is 23.1 Å². The van der Waals surface area contributed by atoms with Gasteiger partial charge in [0.05, 0.1) is 10.6 Å². The van der Waals surface area contributed by atoms with Crippen LogP contribution in [0.1, 0.15) is 22.8 Å². The monoisotopic (exact) mass is 342 g/mol. The molecule has 0 bridgehead atoms. The number of hydrogen-bond acceptors (Lipinski definition) is 3. The van der Waals surface area contributed by atoms with E-state index in [1.165, 1.54) is 35.8 Å². The molecular formula is C18H12F2N2OS. The van der Waals surface area contributed by atoms with Crippen LogP contribution in [0.5, 0.6) is 0 Å². The van der Waals surface area contributed by atoms with Crippen LogP contribution < -0.4 is 5.32 Å². The summed E-state index contributed by atoms with van der Waals surface area (Å²) in [5.41, 5.74) is 2.92. The highest BCUT2D eigenvalue weighted by Crippen LogP contribution is 2.44. The molecule has 2 aromatic carbocycles. The zero-order valence-electron chi connectivity index (χ0n) is 12.4. The lowest BCUT2D eigenvalue weighted by Crippen LogP contribution is -2.22. The second-order valence-corrected chi connectivity index (χ2v) is 6.44. The molecule has 0 radical (unpaired) electrons. The minimum Gasteiger partial charge on any atom is -0.323 e. The van der Waals surface area contributed by atoms with E-state index in [1.54, 1.807) is 24.3 Å². The normalized spacial score (nSPS) is 16.6. The zero-order chi connectivity index (χ0) is 16.7. The van der Waals surface area contributed by atoms with Crippen molar-refractivity contribution in [2.24, 2.45) is 0 Å². The summed E-state index contributed by atoms with van der Waals surface area (Å²) >= 11 is 1.31. The van der Waals surface area contributed by atoms with Crippen molar-refractivity contribution in [3.05, 3.63) is 70.6 Å². The molecule has 3 nitrogen and oxygen atoms in total. The molecule has 0 fully saturated rings. The molecule has 6 heteroatoms. The third-order valence-corrected chi connectivity index (χ3v) is 5.04. The minimum atomic E-state index is -0.323. The maximum atomic E-state index is 13.2. The van der Waals surface area contributed by atoms with Crippen LogP contribution in [0.2, 0.25) is 0 Å². The number of nitrogens with zero attached hydrogens (tertiary/aromatic N) is 1. The number of fused-ring (bicyclic) bond motifs is 1. The number of nitrogens with one attached hydrogen (secondary N) is 1. The van der Waals surface area contributed by atoms with Gasteiger partial charge in [0.2, 0.25) is 5.91 Å². The Morgan fingerprint density at radius 3 is 2.29 bits per heavy atom. The Labute approximate surface area is 141 Å². The van der Waals surface area contributed by atoms with Gasteiger partial charge in [-0.2, -0.15) is 4.37 Å². The maximum absolute atomic E-state index is 13.2. The van der Waals surface area contributed by atoms with E-state index in [0.717, 1.165) is 16.0 Å². The van der Waals surface area contributed by atoms with Gasteiger partial charge in [0.1, 0.15) is 17.3 Å². The summed E-state index contributed by atoms with van der Waals surface area (Å²) < 4.78 is 30.7. The third kappa shape index (κ3) is 2.59. The van der Waals surface area contributed by atoms with Gasteiger partial charge < -0.3 is 5.32 Å². The molecule has 1 aromatic heterocycles. The fraction of sp³-hybridized carbons (Fsp3) is 0.111. The van der Waals surface area contributed by atoms with Gasteiger partial charge in [0, 0.05) is 17.9 Å². The summed E-state index contributed by atoms with van der Waals surface area (Å²) in [6, 6.07) is 12.2. The molecule has 1 aliphatic heterocycles. The largest absolute Gasteiger partial charge is 0.323 e. The fourth-order valence-corrected chi connectivity index (χ4v) is 3.87. The molecule has 1 atom stereocenters. The highest BCUT2D eigenvalue weighted by Gasteiger charge is 2.31. The Kier molecular flexibility index (Phi) is 3.61. The molecule has 0 saturated heterocycles. The lowest BCUT2D eigenvalue weighted by molar-refractivity contribution is -0.116. The third-order valence-electron chi connectivity index (χ3n) is 4.08. The van der Waals surface area contributed by atoms with Gasteiger partial charge in [0.15, 0.2) is 0 Å². The molecule has 0 spiro atoms. The number of benzene rings is 2. The SMILES string of the molecule is O=C1C[C@@H](c2ccc(F)cc2)c2snc(-c3ccc(F)cc3)c2N1. The quantitative estimate of drug-likeness (QED) is 0.742. The molecule has 0 aliphatic carbocycles. The summed E-state index contributed by atoms with van der Waals surface area (Å²) in [6.07, 6.45) is 0.295. The van der Waals surface area contributed by atoms with E-state index in [0.29, 0.717) is 17.8 Å². The van der Waals surface area contributed by atoms with E-state index in [2.05, 4.69) is 9.69 Å². The van der Waals surface area contributed by atoms with Crippen molar-refractivity contribution in [3.8, 4) is 11.3 Å². The highest BCUT2D eigenvalue weighted by molar-refractivity contribution is 7.07. The first-order chi connectivity index (χ1) is 11.6. The Bertz CT molecular complexity index is 904. The zero-order valence-corrected chi connectivity index (χ0v) is 13.2.